The first kappa shape index (κ1) is 12.0. The second-order valence-corrected chi connectivity index (χ2v) is 3.70. The van der Waals surface area contributed by atoms with Crippen LogP contribution < -0.4 is 0 Å². The standard InChI is InChI=1S/C12H8FNO4/c1-7-4-11(14(16)17)10(13)5-9(7)12-3-2-8(6-15)18-12/h2-6H,1H3. The number of nitrogens with zero attached hydrogens (tertiary/aromatic N) is 1. The van der Waals surface area contributed by atoms with E-state index in [9.17, 15) is 19.3 Å². The summed E-state index contributed by atoms with van der Waals surface area (Å²) in [6.07, 6.45) is 0.528. The van der Waals surface area contributed by atoms with E-state index in [1.807, 2.05) is 0 Å². The van der Waals surface area contributed by atoms with Gasteiger partial charge in [0.15, 0.2) is 12.0 Å². The van der Waals surface area contributed by atoms with Crippen LogP contribution in [0.25, 0.3) is 11.3 Å². The van der Waals surface area contributed by atoms with Gasteiger partial charge in [-0.1, -0.05) is 0 Å². The molecule has 0 amide bonds. The lowest BCUT2D eigenvalue weighted by atomic mass is 10.1. The highest BCUT2D eigenvalue weighted by Gasteiger charge is 2.18. The number of benzene rings is 1. The predicted octanol–water partition coefficient (Wildman–Crippen LogP) is 3.11. The summed E-state index contributed by atoms with van der Waals surface area (Å²) in [5.74, 6) is -0.531. The van der Waals surface area contributed by atoms with Crippen LogP contribution in [-0.4, -0.2) is 11.2 Å². The molecule has 92 valence electrons. The van der Waals surface area contributed by atoms with Gasteiger partial charge in [-0.25, -0.2) is 0 Å². The van der Waals surface area contributed by atoms with Crippen molar-refractivity contribution >= 4 is 12.0 Å². The lowest BCUT2D eigenvalue weighted by Gasteiger charge is -2.03. The molecule has 0 aliphatic heterocycles. The molecule has 0 unspecified atom stereocenters. The summed E-state index contributed by atoms with van der Waals surface area (Å²) < 4.78 is 18.7. The number of aldehydes is 1. The molecule has 0 radical (unpaired) electrons. The Morgan fingerprint density at radius 3 is 2.67 bits per heavy atom. The van der Waals surface area contributed by atoms with E-state index in [4.69, 9.17) is 4.42 Å². The number of hydrogen-bond donors (Lipinski definition) is 0. The first-order chi connectivity index (χ1) is 8.52. The molecule has 1 aromatic heterocycles. The summed E-state index contributed by atoms with van der Waals surface area (Å²) in [7, 11) is 0. The zero-order valence-electron chi connectivity index (χ0n) is 9.34. The number of carbonyl (C=O) groups excluding carboxylic acids is 1. The Labute approximate surface area is 101 Å². The monoisotopic (exact) mass is 249 g/mol. The third kappa shape index (κ3) is 2.00. The van der Waals surface area contributed by atoms with E-state index in [-0.39, 0.29) is 5.76 Å². The van der Waals surface area contributed by atoms with Crippen LogP contribution in [0.1, 0.15) is 16.1 Å². The smallest absolute Gasteiger partial charge is 0.305 e. The van der Waals surface area contributed by atoms with Crippen LogP contribution in [0.15, 0.2) is 28.7 Å². The molecule has 5 nitrogen and oxygen atoms in total. The highest BCUT2D eigenvalue weighted by molar-refractivity contribution is 5.73. The van der Waals surface area contributed by atoms with Crippen LogP contribution in [0.3, 0.4) is 0 Å². The predicted molar refractivity (Wildman–Crippen MR) is 60.9 cm³/mol. The average Bonchev–Trinajstić information content (AvgIpc) is 2.79. The maximum Gasteiger partial charge on any atom is 0.305 e. The zero-order valence-corrected chi connectivity index (χ0v) is 9.34. The van der Waals surface area contributed by atoms with E-state index in [1.54, 1.807) is 6.92 Å². The molecule has 18 heavy (non-hydrogen) atoms. The summed E-state index contributed by atoms with van der Waals surface area (Å²) in [6.45, 7) is 1.60. The number of carbonyl (C=O) groups is 1. The molecule has 0 fully saturated rings. The molecule has 0 atom stereocenters. The summed E-state index contributed by atoms with van der Waals surface area (Å²) in [6, 6.07) is 5.12. The molecular weight excluding hydrogens is 241 g/mol. The number of rotatable bonds is 3. The van der Waals surface area contributed by atoms with Gasteiger partial charge >= 0.3 is 5.69 Å². The van der Waals surface area contributed by atoms with Gasteiger partial charge in [-0.3, -0.25) is 14.9 Å². The van der Waals surface area contributed by atoms with Gasteiger partial charge in [-0.2, -0.15) is 4.39 Å². The summed E-state index contributed by atoms with van der Waals surface area (Å²) in [5, 5.41) is 10.6. The first-order valence-electron chi connectivity index (χ1n) is 5.03. The Hall–Kier alpha value is -2.50. The zero-order chi connectivity index (χ0) is 13.3. The minimum atomic E-state index is -0.940. The number of halogens is 1. The van der Waals surface area contributed by atoms with Crippen molar-refractivity contribution in [3.05, 3.63) is 51.5 Å². The molecule has 6 heteroatoms. The van der Waals surface area contributed by atoms with E-state index >= 15 is 0 Å². The largest absolute Gasteiger partial charge is 0.453 e. The average molecular weight is 249 g/mol. The van der Waals surface area contributed by atoms with Crippen LogP contribution in [-0.2, 0) is 0 Å². The second kappa shape index (κ2) is 4.40. The SMILES string of the molecule is Cc1cc([N+](=O)[O-])c(F)cc1-c1ccc(C=O)o1. The topological polar surface area (TPSA) is 73.3 Å². The Kier molecular flexibility index (Phi) is 2.93. The van der Waals surface area contributed by atoms with Crippen LogP contribution >= 0.6 is 0 Å². The molecule has 0 spiro atoms. The van der Waals surface area contributed by atoms with Crippen molar-refractivity contribution in [2.45, 2.75) is 6.92 Å². The van der Waals surface area contributed by atoms with Crippen LogP contribution in [0.5, 0.6) is 0 Å². The quantitative estimate of drug-likeness (QED) is 0.476. The Morgan fingerprint density at radius 2 is 2.11 bits per heavy atom. The molecular formula is C12H8FNO4. The van der Waals surface area contributed by atoms with Gasteiger partial charge in [0.05, 0.1) is 4.92 Å². The van der Waals surface area contributed by atoms with Crippen molar-refractivity contribution in [1.29, 1.82) is 0 Å². The third-order valence-electron chi connectivity index (χ3n) is 2.50. The van der Waals surface area contributed by atoms with E-state index in [1.165, 1.54) is 12.1 Å². The fourth-order valence-electron chi connectivity index (χ4n) is 1.63. The Morgan fingerprint density at radius 1 is 1.39 bits per heavy atom. The molecule has 1 heterocycles. The van der Waals surface area contributed by atoms with Crippen molar-refractivity contribution in [3.63, 3.8) is 0 Å². The van der Waals surface area contributed by atoms with E-state index in [0.29, 0.717) is 23.2 Å². The maximum absolute atomic E-state index is 13.5. The molecule has 0 bridgehead atoms. The van der Waals surface area contributed by atoms with Crippen molar-refractivity contribution in [2.75, 3.05) is 0 Å². The van der Waals surface area contributed by atoms with Gasteiger partial charge in [-0.15, -0.1) is 0 Å². The molecule has 0 aliphatic carbocycles. The highest BCUT2D eigenvalue weighted by Crippen LogP contribution is 2.30. The Bertz CT molecular complexity index is 633. The number of nitro benzene ring substituents is 1. The van der Waals surface area contributed by atoms with E-state index in [0.717, 1.165) is 12.1 Å². The number of hydrogen-bond acceptors (Lipinski definition) is 4. The van der Waals surface area contributed by atoms with Gasteiger partial charge in [0.1, 0.15) is 5.76 Å². The van der Waals surface area contributed by atoms with Gasteiger partial charge in [-0.05, 0) is 30.7 Å². The molecule has 2 aromatic rings. The molecule has 0 N–H and O–H groups in total. The fourth-order valence-corrected chi connectivity index (χ4v) is 1.63. The lowest BCUT2D eigenvalue weighted by Crippen LogP contribution is -1.94. The highest BCUT2D eigenvalue weighted by atomic mass is 19.1. The summed E-state index contributed by atoms with van der Waals surface area (Å²) in [4.78, 5) is 20.3. The van der Waals surface area contributed by atoms with E-state index in [2.05, 4.69) is 0 Å². The van der Waals surface area contributed by atoms with Crippen LogP contribution in [0.4, 0.5) is 10.1 Å². The van der Waals surface area contributed by atoms with Gasteiger partial charge in [0.25, 0.3) is 0 Å². The third-order valence-corrected chi connectivity index (χ3v) is 2.50. The maximum atomic E-state index is 13.5. The van der Waals surface area contributed by atoms with Gasteiger partial charge < -0.3 is 4.42 Å². The normalized spacial score (nSPS) is 10.3. The molecule has 0 saturated heterocycles. The minimum absolute atomic E-state index is 0.114. The molecule has 1 aromatic carbocycles. The van der Waals surface area contributed by atoms with Crippen LogP contribution in [0.2, 0.25) is 0 Å². The van der Waals surface area contributed by atoms with Gasteiger partial charge in [0.2, 0.25) is 5.82 Å². The van der Waals surface area contributed by atoms with Crippen LogP contribution in [0, 0.1) is 22.9 Å². The minimum Gasteiger partial charge on any atom is -0.453 e. The summed E-state index contributed by atoms with van der Waals surface area (Å²) in [5.41, 5.74) is 0.291. The number of nitro groups is 1. The molecule has 2 rings (SSSR count). The second-order valence-electron chi connectivity index (χ2n) is 3.70. The van der Waals surface area contributed by atoms with Crippen molar-refractivity contribution < 1.29 is 18.5 Å². The Balaban J connectivity index is 2.55. The van der Waals surface area contributed by atoms with Crippen molar-refractivity contribution in [2.24, 2.45) is 0 Å². The molecule has 0 saturated carbocycles. The lowest BCUT2D eigenvalue weighted by molar-refractivity contribution is -0.387. The molecule has 0 aliphatic rings. The van der Waals surface area contributed by atoms with Crippen molar-refractivity contribution in [1.82, 2.24) is 0 Å². The van der Waals surface area contributed by atoms with Gasteiger partial charge in [0, 0.05) is 11.6 Å². The first-order valence-corrected chi connectivity index (χ1v) is 5.03. The fraction of sp³-hybridized carbons (Fsp3) is 0.0833. The van der Waals surface area contributed by atoms with E-state index < -0.39 is 16.4 Å². The summed E-state index contributed by atoms with van der Waals surface area (Å²) >= 11 is 0. The number of furan rings is 1. The number of aryl methyl sites for hydroxylation is 1. The van der Waals surface area contributed by atoms with Crippen molar-refractivity contribution in [3.8, 4) is 11.3 Å².